The van der Waals surface area contributed by atoms with Crippen LogP contribution in [0.3, 0.4) is 0 Å². The molecule has 0 spiro atoms. The van der Waals surface area contributed by atoms with Crippen molar-refractivity contribution in [1.29, 1.82) is 0 Å². The van der Waals surface area contributed by atoms with Gasteiger partial charge in [0.15, 0.2) is 0 Å². The molecular weight excluding hydrogens is 306 g/mol. The summed E-state index contributed by atoms with van der Waals surface area (Å²) in [6.07, 6.45) is 12.1. The summed E-state index contributed by atoms with van der Waals surface area (Å²) < 4.78 is 12.1. The van der Waals surface area contributed by atoms with Crippen LogP contribution in [0.4, 0.5) is 0 Å². The van der Waals surface area contributed by atoms with Gasteiger partial charge < -0.3 is 14.0 Å². The van der Waals surface area contributed by atoms with E-state index < -0.39 is 0 Å². The van der Waals surface area contributed by atoms with Crippen molar-refractivity contribution in [1.82, 2.24) is 4.57 Å². The van der Waals surface area contributed by atoms with E-state index in [9.17, 15) is 9.59 Å². The van der Waals surface area contributed by atoms with Gasteiger partial charge in [0.1, 0.15) is 6.61 Å². The zero-order valence-electron chi connectivity index (χ0n) is 14.3. The van der Waals surface area contributed by atoms with Crippen molar-refractivity contribution < 1.29 is 19.1 Å². The van der Waals surface area contributed by atoms with Crippen LogP contribution in [0, 0.1) is 29.6 Å². The van der Waals surface area contributed by atoms with Crippen molar-refractivity contribution in [2.75, 3.05) is 6.61 Å². The average molecular weight is 329 g/mol. The standard InChI is InChI=1S/C19H23NO4/c1-5-10-20-11-9-14(12-20)13-24-18(22)17-15(19(17,3)4)7-8-16(21)23-6-2/h1,7-9,11-12,15,17H,6,10,13H2,2-4H3/t15-,17-/m0/s1. The van der Waals surface area contributed by atoms with Crippen LogP contribution >= 0.6 is 0 Å². The van der Waals surface area contributed by atoms with Gasteiger partial charge in [-0.2, -0.15) is 0 Å². The first-order valence-corrected chi connectivity index (χ1v) is 7.99. The molecule has 1 fully saturated rings. The van der Waals surface area contributed by atoms with Crippen molar-refractivity contribution in [3.63, 3.8) is 0 Å². The molecular formula is C19H23NO4. The Hall–Kier alpha value is -2.48. The topological polar surface area (TPSA) is 57.5 Å². The first-order valence-electron chi connectivity index (χ1n) is 7.99. The fourth-order valence-electron chi connectivity index (χ4n) is 2.88. The molecule has 5 nitrogen and oxygen atoms in total. The van der Waals surface area contributed by atoms with Gasteiger partial charge in [-0.05, 0) is 24.3 Å². The summed E-state index contributed by atoms with van der Waals surface area (Å²) in [7, 11) is 0. The number of carbonyl (C=O) groups excluding carboxylic acids is 2. The molecule has 0 radical (unpaired) electrons. The Morgan fingerprint density at radius 1 is 1.42 bits per heavy atom. The smallest absolute Gasteiger partial charge is 0.330 e. The van der Waals surface area contributed by atoms with Crippen LogP contribution in [-0.4, -0.2) is 23.1 Å². The number of carbonyl (C=O) groups is 2. The molecule has 1 aliphatic carbocycles. The van der Waals surface area contributed by atoms with Gasteiger partial charge in [0, 0.05) is 24.0 Å². The third kappa shape index (κ3) is 4.08. The maximum Gasteiger partial charge on any atom is 0.330 e. The van der Waals surface area contributed by atoms with Gasteiger partial charge >= 0.3 is 11.9 Å². The van der Waals surface area contributed by atoms with E-state index in [1.807, 2.05) is 36.9 Å². The lowest BCUT2D eigenvalue weighted by Gasteiger charge is -2.04. The molecule has 0 saturated heterocycles. The predicted molar refractivity (Wildman–Crippen MR) is 89.6 cm³/mol. The first-order chi connectivity index (χ1) is 11.4. The van der Waals surface area contributed by atoms with Gasteiger partial charge in [-0.15, -0.1) is 6.42 Å². The van der Waals surface area contributed by atoms with Crippen LogP contribution in [0.15, 0.2) is 30.6 Å². The van der Waals surface area contributed by atoms with E-state index in [4.69, 9.17) is 15.9 Å². The molecule has 0 aromatic carbocycles. The fraction of sp³-hybridized carbons (Fsp3) is 0.474. The highest BCUT2D eigenvalue weighted by atomic mass is 16.5. The molecule has 1 aromatic rings. The van der Waals surface area contributed by atoms with Gasteiger partial charge in [0.25, 0.3) is 0 Å². The Morgan fingerprint density at radius 2 is 2.17 bits per heavy atom. The quantitative estimate of drug-likeness (QED) is 0.438. The Balaban J connectivity index is 1.87. The van der Waals surface area contributed by atoms with Crippen molar-refractivity contribution in [3.8, 4) is 12.3 Å². The minimum absolute atomic E-state index is 0.0135. The van der Waals surface area contributed by atoms with Gasteiger partial charge in [-0.1, -0.05) is 25.8 Å². The Kier molecular flexibility index (Phi) is 5.50. The molecule has 2 atom stereocenters. The maximum absolute atomic E-state index is 12.3. The minimum atomic E-state index is -0.387. The summed E-state index contributed by atoms with van der Waals surface area (Å²) in [5.74, 6) is 1.66. The third-order valence-corrected chi connectivity index (χ3v) is 4.36. The number of aromatic nitrogens is 1. The number of hydrogen-bond acceptors (Lipinski definition) is 4. The third-order valence-electron chi connectivity index (χ3n) is 4.36. The molecule has 0 bridgehead atoms. The van der Waals surface area contributed by atoms with E-state index in [1.54, 1.807) is 13.0 Å². The highest BCUT2D eigenvalue weighted by molar-refractivity contribution is 5.83. The summed E-state index contributed by atoms with van der Waals surface area (Å²) in [5, 5.41) is 0. The normalized spacial score (nSPS) is 21.2. The van der Waals surface area contributed by atoms with Crippen LogP contribution in [0.25, 0.3) is 0 Å². The molecule has 0 unspecified atom stereocenters. The van der Waals surface area contributed by atoms with Crippen molar-refractivity contribution >= 4 is 11.9 Å². The molecule has 0 amide bonds. The lowest BCUT2D eigenvalue weighted by molar-refractivity contribution is -0.147. The summed E-state index contributed by atoms with van der Waals surface area (Å²) >= 11 is 0. The number of ether oxygens (including phenoxy) is 2. The summed E-state index contributed by atoms with van der Waals surface area (Å²) in [6.45, 7) is 6.78. The SMILES string of the molecule is C#CCn1ccc(COC(=O)[C@@H]2[C@H](C=CC(=O)OCC)C2(C)C)c1. The van der Waals surface area contributed by atoms with E-state index in [0.29, 0.717) is 13.2 Å². The first kappa shape index (κ1) is 17.9. The number of terminal acetylenes is 1. The highest BCUT2D eigenvalue weighted by Gasteiger charge is 2.61. The van der Waals surface area contributed by atoms with Gasteiger partial charge in [0.05, 0.1) is 19.1 Å². The van der Waals surface area contributed by atoms with Crippen LogP contribution < -0.4 is 0 Å². The van der Waals surface area contributed by atoms with Crippen LogP contribution in [0.1, 0.15) is 26.3 Å². The Bertz CT molecular complexity index is 678. The molecule has 128 valence electrons. The van der Waals surface area contributed by atoms with Gasteiger partial charge in [0.2, 0.25) is 0 Å². The summed E-state index contributed by atoms with van der Waals surface area (Å²) in [4.78, 5) is 23.7. The number of nitrogens with zero attached hydrogens (tertiary/aromatic N) is 1. The second-order valence-corrected chi connectivity index (χ2v) is 6.44. The molecule has 5 heteroatoms. The van der Waals surface area contributed by atoms with Crippen molar-refractivity contribution in [3.05, 3.63) is 36.2 Å². The molecule has 1 saturated carbocycles. The zero-order valence-corrected chi connectivity index (χ0v) is 14.3. The van der Waals surface area contributed by atoms with E-state index in [0.717, 1.165) is 5.56 Å². The summed E-state index contributed by atoms with van der Waals surface area (Å²) in [6, 6.07) is 1.88. The van der Waals surface area contributed by atoms with E-state index in [1.165, 1.54) is 6.08 Å². The fourth-order valence-corrected chi connectivity index (χ4v) is 2.88. The Labute approximate surface area is 142 Å². The van der Waals surface area contributed by atoms with Gasteiger partial charge in [-0.3, -0.25) is 4.79 Å². The molecule has 0 N–H and O–H groups in total. The molecule has 0 aliphatic heterocycles. The molecule has 1 heterocycles. The second-order valence-electron chi connectivity index (χ2n) is 6.44. The molecule has 24 heavy (non-hydrogen) atoms. The van der Waals surface area contributed by atoms with Crippen LogP contribution in [-0.2, 0) is 32.2 Å². The van der Waals surface area contributed by atoms with E-state index in [2.05, 4.69) is 5.92 Å². The minimum Gasteiger partial charge on any atom is -0.463 e. The van der Waals surface area contributed by atoms with E-state index >= 15 is 0 Å². The number of rotatable bonds is 7. The average Bonchev–Trinajstić information content (AvgIpc) is 2.85. The lowest BCUT2D eigenvalue weighted by Crippen LogP contribution is -2.10. The monoisotopic (exact) mass is 329 g/mol. The van der Waals surface area contributed by atoms with E-state index in [-0.39, 0.29) is 35.8 Å². The number of allylic oxidation sites excluding steroid dienone is 1. The summed E-state index contributed by atoms with van der Waals surface area (Å²) in [5.41, 5.74) is 0.686. The van der Waals surface area contributed by atoms with Gasteiger partial charge in [-0.25, -0.2) is 4.79 Å². The van der Waals surface area contributed by atoms with Crippen LogP contribution in [0.2, 0.25) is 0 Å². The maximum atomic E-state index is 12.3. The lowest BCUT2D eigenvalue weighted by atomic mass is 10.1. The predicted octanol–water partition coefficient (Wildman–Crippen LogP) is 2.56. The zero-order chi connectivity index (χ0) is 17.7. The highest BCUT2D eigenvalue weighted by Crippen LogP contribution is 2.59. The molecule has 2 rings (SSSR count). The number of hydrogen-bond donors (Lipinski definition) is 0. The molecule has 1 aromatic heterocycles. The second kappa shape index (κ2) is 7.39. The van der Waals surface area contributed by atoms with Crippen molar-refractivity contribution in [2.24, 2.45) is 17.3 Å². The van der Waals surface area contributed by atoms with Crippen LogP contribution in [0.5, 0.6) is 0 Å². The number of esters is 2. The largest absolute Gasteiger partial charge is 0.463 e. The Morgan fingerprint density at radius 3 is 2.83 bits per heavy atom. The van der Waals surface area contributed by atoms with Crippen molar-refractivity contribution in [2.45, 2.75) is 33.9 Å². The molecule has 1 aliphatic rings.